The lowest BCUT2D eigenvalue weighted by atomic mass is 10.0. The maximum absolute atomic E-state index is 14.4. The molecule has 12 amide bonds. The van der Waals surface area contributed by atoms with Crippen LogP contribution in [0, 0.1) is 0 Å². The van der Waals surface area contributed by atoms with Gasteiger partial charge >= 0.3 is 5.97 Å². The second-order valence-corrected chi connectivity index (χ2v) is 22.1. The van der Waals surface area contributed by atoms with Gasteiger partial charge in [-0.1, -0.05) is 0 Å². The Kier molecular flexibility index (Phi) is 30.7. The number of hydrogen-bond donors (Lipinski definition) is 21. The zero-order chi connectivity index (χ0) is 69.9. The normalized spacial score (nSPS) is 19.7. The van der Waals surface area contributed by atoms with E-state index in [9.17, 15) is 103 Å². The maximum Gasteiger partial charge on any atom is 0.303 e. The molecule has 0 spiro atoms. The topological polar surface area (TPSA) is 609 Å². The fraction of sp³-hybridized carbons (Fsp3) is 0.582. The number of aliphatic hydroxyl groups excluding tert-OH is 4. The van der Waals surface area contributed by atoms with Crippen LogP contribution in [0.5, 0.6) is 5.75 Å². The summed E-state index contributed by atoms with van der Waals surface area (Å²) in [5, 5.41) is 109. The average Bonchev–Trinajstić information content (AvgIpc) is 0.751. The van der Waals surface area contributed by atoms with E-state index in [1.807, 2.05) is 0 Å². The number of carboxylic acid groups (broad SMARTS) is 1. The number of nitrogens with two attached hydrogens (primary N) is 2. The first-order valence-corrected chi connectivity index (χ1v) is 29.9. The number of guanidine groups is 1. The van der Waals surface area contributed by atoms with Crippen LogP contribution in [0.1, 0.15) is 96.9 Å². The number of phenolic OH excluding ortho intramolecular Hbond substituents is 1. The summed E-state index contributed by atoms with van der Waals surface area (Å²) in [7, 11) is 0. The Morgan fingerprint density at radius 2 is 1.27 bits per heavy atom. The third-order valence-corrected chi connectivity index (χ3v) is 14.8. The van der Waals surface area contributed by atoms with Crippen molar-refractivity contribution in [3.05, 3.63) is 28.4 Å². The number of fused-ring (bicyclic) bond motifs is 3. The van der Waals surface area contributed by atoms with Gasteiger partial charge in [0.2, 0.25) is 77.3 Å². The van der Waals surface area contributed by atoms with E-state index < -0.39 is 182 Å². The molecule has 0 aromatic carbocycles. The second-order valence-electron chi connectivity index (χ2n) is 22.1. The number of carbonyl (C=O) groups is 13. The van der Waals surface area contributed by atoms with Gasteiger partial charge < -0.3 is 105 Å². The summed E-state index contributed by atoms with van der Waals surface area (Å²) in [6, 6.07) is -11.8. The molecule has 0 radical (unpaired) electrons. The van der Waals surface area contributed by atoms with Crippen molar-refractivity contribution in [3.63, 3.8) is 0 Å². The number of pyridine rings is 1. The lowest BCUT2D eigenvalue weighted by molar-refractivity contribution is -0.150. The molecule has 39 heteroatoms. The number of aliphatic carboxylic acids is 1. The van der Waals surface area contributed by atoms with E-state index in [1.165, 1.54) is 17.6 Å². The van der Waals surface area contributed by atoms with Gasteiger partial charge in [0, 0.05) is 50.8 Å². The summed E-state index contributed by atoms with van der Waals surface area (Å²) in [6.07, 6.45) is -5.84. The van der Waals surface area contributed by atoms with Gasteiger partial charge in [-0.2, -0.15) is 0 Å². The quantitative estimate of drug-likeness (QED) is 0.00808. The molecule has 11 atom stereocenters. The number of aromatic hydroxyl groups is 1. The molecule has 23 N–H and O–H groups in total. The van der Waals surface area contributed by atoms with E-state index in [4.69, 9.17) is 16.6 Å². The third-order valence-electron chi connectivity index (χ3n) is 14.8. The fourth-order valence-corrected chi connectivity index (χ4v) is 9.83. The van der Waals surface area contributed by atoms with E-state index in [0.717, 1.165) is 19.1 Å². The first-order valence-electron chi connectivity index (χ1n) is 29.9. The number of amides is 12. The van der Waals surface area contributed by atoms with Crippen LogP contribution in [0.15, 0.2) is 28.0 Å². The Labute approximate surface area is 535 Å². The fourth-order valence-electron chi connectivity index (χ4n) is 9.83. The number of aliphatic hydroxyl groups is 4. The van der Waals surface area contributed by atoms with Crippen LogP contribution in [0.25, 0.3) is 11.3 Å². The molecule has 1 aliphatic carbocycles. The number of hydroxylamine groups is 4. The van der Waals surface area contributed by atoms with Gasteiger partial charge in [-0.15, -0.1) is 0 Å². The molecular weight excluding hydrogens is 1250 g/mol. The predicted octanol–water partition coefficient (Wildman–Crippen LogP) is -7.95. The van der Waals surface area contributed by atoms with E-state index in [1.54, 1.807) is 0 Å². The zero-order valence-corrected chi connectivity index (χ0v) is 51.4. The number of hydrogen-bond acceptors (Lipinski definition) is 23. The van der Waals surface area contributed by atoms with Gasteiger partial charge in [0.15, 0.2) is 11.7 Å². The SMILES string of the molecule is C[C@@H](O)[C@@H]1NC(=O)[C@H](CCCN(O)C=O)NC(=O)[C@@H](NC(=O)[C@H](CCCN(O)C=O)NC(=O)[C@@H](CO)NC(=O)[C@H](CCCN=C(N)N)NC(=O)[C@@H](CO)NC(=O)[C@@H]2CCNc3c(NC(=O)CCC(=O)O)cc4cc(O)c(=O)cc-4n32)CCCCNC(=O)[C@H]([C@@H](C)O)NC1=O. The Balaban J connectivity index is 1.63. The summed E-state index contributed by atoms with van der Waals surface area (Å²) in [5.74, 6) is -12.9. The highest BCUT2D eigenvalue weighted by Crippen LogP contribution is 2.40. The minimum absolute atomic E-state index is 0.00878. The maximum atomic E-state index is 14.4. The van der Waals surface area contributed by atoms with Gasteiger partial charge in [-0.05, 0) is 90.2 Å². The van der Waals surface area contributed by atoms with Crippen LogP contribution in [-0.4, -0.2) is 246 Å². The smallest absolute Gasteiger partial charge is 0.303 e. The van der Waals surface area contributed by atoms with Crippen LogP contribution in [0.3, 0.4) is 0 Å². The highest BCUT2D eigenvalue weighted by atomic mass is 16.5. The van der Waals surface area contributed by atoms with E-state index >= 15 is 0 Å². The lowest BCUT2D eigenvalue weighted by Crippen LogP contribution is -2.62. The molecule has 3 heterocycles. The standard InChI is InChI=1S/C55H83N17O22/c1-27(77)43-53(91)59-15-4-3-8-30(46(84)63-33(11-7-19-71(94)26-76)49(87)68-44(28(2)78)54(92)69-43)62-47(85)32(10-6-18-70(93)25-75)65-50(88)35(23-73)66-48(86)31(9-5-16-60-55(56)57)64-51(89)36(24-74)67-52(90)37-14-17-58-45-34(61-41(81)12-13-42(82)83)20-29-21-39(79)40(80)22-38(29)72(37)45/h20-22,25-28,30-33,35-37,43-44,58,73-74,77-79,93-94H,3-19,23-24H2,1-2H3,(H,59,91)(H,61,81)(H,62,85)(H,63,84)(H,64,89)(H,65,88)(H,66,86)(H,67,90)(H,68,87)(H,69,92)(H,82,83)(H4,56,57,60)/t27-,28-,30+,31+,32+,33+,35-,36-,37+,43+,44+/m1/s1. The van der Waals surface area contributed by atoms with Crippen LogP contribution in [-0.2, 0) is 62.3 Å². The Bertz CT molecular complexity index is 3090. The minimum atomic E-state index is -1.97. The zero-order valence-electron chi connectivity index (χ0n) is 51.4. The molecule has 520 valence electrons. The summed E-state index contributed by atoms with van der Waals surface area (Å²) in [6.45, 7) is -1.01. The van der Waals surface area contributed by atoms with Crippen molar-refractivity contribution in [2.24, 2.45) is 16.5 Å². The van der Waals surface area contributed by atoms with Crippen molar-refractivity contribution >= 4 is 95.3 Å². The first-order chi connectivity index (χ1) is 44.5. The number of phenols is 1. The molecule has 4 aliphatic rings. The van der Waals surface area contributed by atoms with Crippen LogP contribution in [0.2, 0.25) is 0 Å². The van der Waals surface area contributed by atoms with Crippen molar-refractivity contribution in [1.82, 2.24) is 62.5 Å². The molecule has 1 saturated heterocycles. The van der Waals surface area contributed by atoms with E-state index in [0.29, 0.717) is 0 Å². The second kappa shape index (κ2) is 37.6. The van der Waals surface area contributed by atoms with Crippen molar-refractivity contribution < 1.29 is 103 Å². The van der Waals surface area contributed by atoms with Gasteiger partial charge in [-0.3, -0.25) is 82.5 Å². The number of rotatable bonds is 32. The summed E-state index contributed by atoms with van der Waals surface area (Å²) < 4.78 is 1.29. The summed E-state index contributed by atoms with van der Waals surface area (Å²) in [5.41, 5.74) is 10.3. The van der Waals surface area contributed by atoms with Gasteiger partial charge in [0.1, 0.15) is 60.2 Å². The average molecular weight is 1330 g/mol. The molecule has 0 bridgehead atoms. The summed E-state index contributed by atoms with van der Waals surface area (Å²) in [4.78, 5) is 189. The van der Waals surface area contributed by atoms with Gasteiger partial charge in [0.25, 0.3) is 0 Å². The molecule has 0 saturated carbocycles. The molecular formula is C55H83N17O22. The molecule has 0 aromatic heterocycles. The predicted molar refractivity (Wildman–Crippen MR) is 324 cm³/mol. The number of carboxylic acids is 1. The molecule has 4 rings (SSSR count). The number of nitrogens with one attached hydrogen (secondary N) is 11. The molecule has 0 unspecified atom stereocenters. The number of aromatic nitrogens is 1. The highest BCUT2D eigenvalue weighted by molar-refractivity contribution is 6.00. The largest absolute Gasteiger partial charge is 0.504 e. The molecule has 94 heavy (non-hydrogen) atoms. The van der Waals surface area contributed by atoms with Crippen LogP contribution < -0.4 is 75.4 Å². The van der Waals surface area contributed by atoms with Crippen molar-refractivity contribution in [2.45, 2.75) is 157 Å². The minimum Gasteiger partial charge on any atom is -0.504 e. The monoisotopic (exact) mass is 1330 g/mol. The summed E-state index contributed by atoms with van der Waals surface area (Å²) >= 11 is 0. The third kappa shape index (κ3) is 23.4. The van der Waals surface area contributed by atoms with E-state index in [-0.39, 0.29) is 136 Å². The Morgan fingerprint density at radius 3 is 1.87 bits per heavy atom. The Morgan fingerprint density at radius 1 is 0.691 bits per heavy atom. The number of nitrogens with zero attached hydrogens (tertiary/aromatic N) is 4. The lowest BCUT2D eigenvalue weighted by Gasteiger charge is -2.34. The van der Waals surface area contributed by atoms with Crippen LogP contribution in [0.4, 0.5) is 11.5 Å². The van der Waals surface area contributed by atoms with E-state index in [2.05, 4.69) is 63.5 Å². The van der Waals surface area contributed by atoms with Crippen molar-refractivity contribution in [2.75, 3.05) is 56.6 Å². The highest BCUT2D eigenvalue weighted by Gasteiger charge is 2.38. The first kappa shape index (κ1) is 76.6. The molecule has 0 aromatic rings. The van der Waals surface area contributed by atoms with Crippen molar-refractivity contribution in [3.8, 4) is 17.0 Å². The molecule has 1 fully saturated rings. The van der Waals surface area contributed by atoms with Crippen LogP contribution >= 0.6 is 0 Å². The van der Waals surface area contributed by atoms with Gasteiger partial charge in [0.05, 0.1) is 43.2 Å². The number of aliphatic imine (C=N–C) groups is 1. The number of anilines is 2. The number of benzene rings is 1. The van der Waals surface area contributed by atoms with Gasteiger partial charge in [-0.25, -0.2) is 10.1 Å². The Hall–Kier alpha value is -9.83. The molecule has 3 aliphatic heterocycles. The van der Waals surface area contributed by atoms with Crippen molar-refractivity contribution in [1.29, 1.82) is 0 Å². The number of carbonyl (C=O) groups excluding carboxylic acids is 12. The molecule has 39 nitrogen and oxygen atoms in total.